The Kier molecular flexibility index (Phi) is 4.82. The largest absolute Gasteiger partial charge is 0.457 e. The van der Waals surface area contributed by atoms with Gasteiger partial charge in [-0.1, -0.05) is 12.1 Å². The average molecular weight is 353 g/mol. The van der Waals surface area contributed by atoms with Crippen LogP contribution in [0.15, 0.2) is 42.5 Å². The minimum absolute atomic E-state index is 0.0128. The van der Waals surface area contributed by atoms with Gasteiger partial charge in [-0.05, 0) is 24.1 Å². The summed E-state index contributed by atoms with van der Waals surface area (Å²) in [4.78, 5) is 0. The number of hydrogen-bond donors (Lipinski definition) is 1. The fraction of sp³-hybridized carbons (Fsp3) is 0.294. The summed E-state index contributed by atoms with van der Waals surface area (Å²) in [6.45, 7) is 0.551. The summed E-state index contributed by atoms with van der Waals surface area (Å²) in [7, 11) is -2.89. The van der Waals surface area contributed by atoms with E-state index in [9.17, 15) is 17.2 Å². The number of nitrogens with one attached hydrogen (secondary N) is 1. The van der Waals surface area contributed by atoms with Crippen LogP contribution in [0.4, 0.5) is 8.78 Å². The van der Waals surface area contributed by atoms with Gasteiger partial charge in [0.2, 0.25) is 0 Å². The Morgan fingerprint density at radius 1 is 1.04 bits per heavy atom. The minimum atomic E-state index is -2.89. The summed E-state index contributed by atoms with van der Waals surface area (Å²) in [6, 6.07) is 10.0. The van der Waals surface area contributed by atoms with Crippen LogP contribution in [0, 0.1) is 11.6 Å². The third-order valence-electron chi connectivity index (χ3n) is 3.82. The summed E-state index contributed by atoms with van der Waals surface area (Å²) in [5.41, 5.74) is 0.970. The molecule has 1 N–H and O–H groups in total. The summed E-state index contributed by atoms with van der Waals surface area (Å²) in [5.74, 6) is -0.419. The molecule has 7 heteroatoms. The number of rotatable bonds is 5. The maximum Gasteiger partial charge on any atom is 0.151 e. The van der Waals surface area contributed by atoms with Gasteiger partial charge in [-0.2, -0.15) is 0 Å². The second-order valence-electron chi connectivity index (χ2n) is 5.83. The number of hydrogen-bond acceptors (Lipinski definition) is 4. The summed E-state index contributed by atoms with van der Waals surface area (Å²) < 4.78 is 54.5. The van der Waals surface area contributed by atoms with Crippen LogP contribution in [-0.4, -0.2) is 26.0 Å². The molecule has 24 heavy (non-hydrogen) atoms. The van der Waals surface area contributed by atoms with Crippen molar-refractivity contribution >= 4 is 9.84 Å². The first-order chi connectivity index (χ1) is 11.4. The minimum Gasteiger partial charge on any atom is -0.457 e. The molecule has 1 unspecified atom stereocenters. The maximum atomic E-state index is 13.1. The van der Waals surface area contributed by atoms with Crippen molar-refractivity contribution in [1.29, 1.82) is 0 Å². The fourth-order valence-electron chi connectivity index (χ4n) is 2.62. The first-order valence-electron chi connectivity index (χ1n) is 7.56. The van der Waals surface area contributed by atoms with Crippen LogP contribution in [0.25, 0.3) is 0 Å². The maximum absolute atomic E-state index is 13.1. The van der Waals surface area contributed by atoms with Crippen molar-refractivity contribution in [3.8, 4) is 11.5 Å². The molecular formula is C17H17F2NO3S. The van der Waals surface area contributed by atoms with Crippen molar-refractivity contribution in [1.82, 2.24) is 5.32 Å². The molecule has 4 nitrogen and oxygen atoms in total. The van der Waals surface area contributed by atoms with Crippen molar-refractivity contribution in [2.75, 3.05) is 11.5 Å². The normalized spacial score (nSPS) is 19.3. The third kappa shape index (κ3) is 4.52. The molecule has 0 aliphatic carbocycles. The summed E-state index contributed by atoms with van der Waals surface area (Å²) in [6.07, 6.45) is 0.634. The quantitative estimate of drug-likeness (QED) is 0.898. The molecule has 2 aromatic rings. The van der Waals surface area contributed by atoms with E-state index in [1.54, 1.807) is 12.1 Å². The molecule has 0 radical (unpaired) electrons. The molecule has 1 atom stereocenters. The molecule has 1 heterocycles. The van der Waals surface area contributed by atoms with Gasteiger partial charge in [0.25, 0.3) is 0 Å². The van der Waals surface area contributed by atoms with E-state index >= 15 is 0 Å². The Morgan fingerprint density at radius 2 is 1.71 bits per heavy atom. The molecular weight excluding hydrogens is 336 g/mol. The molecule has 0 saturated carbocycles. The van der Waals surface area contributed by atoms with E-state index in [1.165, 1.54) is 0 Å². The number of halogens is 2. The Balaban J connectivity index is 1.57. The topological polar surface area (TPSA) is 55.4 Å². The lowest BCUT2D eigenvalue weighted by Crippen LogP contribution is -2.29. The van der Waals surface area contributed by atoms with Crippen LogP contribution < -0.4 is 10.1 Å². The Hall–Kier alpha value is -1.99. The monoisotopic (exact) mass is 353 g/mol. The highest BCUT2D eigenvalue weighted by molar-refractivity contribution is 7.91. The molecule has 3 rings (SSSR count). The highest BCUT2D eigenvalue weighted by Crippen LogP contribution is 2.23. The van der Waals surface area contributed by atoms with Gasteiger partial charge in [-0.15, -0.1) is 0 Å². The second-order valence-corrected chi connectivity index (χ2v) is 8.06. The lowest BCUT2D eigenvalue weighted by Gasteiger charge is -2.11. The van der Waals surface area contributed by atoms with Crippen LogP contribution >= 0.6 is 0 Å². The molecule has 1 aliphatic heterocycles. The molecule has 0 aromatic heterocycles. The van der Waals surface area contributed by atoms with Gasteiger partial charge in [0.05, 0.1) is 11.5 Å². The molecule has 1 aliphatic rings. The molecule has 128 valence electrons. The molecule has 1 saturated heterocycles. The smallest absolute Gasteiger partial charge is 0.151 e. The van der Waals surface area contributed by atoms with Crippen LogP contribution in [-0.2, 0) is 16.4 Å². The van der Waals surface area contributed by atoms with Crippen LogP contribution in [0.2, 0.25) is 0 Å². The standard InChI is InChI=1S/C17H17F2NO3S/c18-13-7-14(19)9-17(8-13)23-16-3-1-12(2-4-16)10-20-15-5-6-24(21,22)11-15/h1-4,7-9,15,20H,5-6,10-11H2. The van der Waals surface area contributed by atoms with Crippen molar-refractivity contribution in [3.63, 3.8) is 0 Å². The Morgan fingerprint density at radius 3 is 2.29 bits per heavy atom. The first-order valence-corrected chi connectivity index (χ1v) is 9.38. The van der Waals surface area contributed by atoms with Gasteiger partial charge in [0, 0.05) is 30.8 Å². The van der Waals surface area contributed by atoms with Crippen LogP contribution in [0.5, 0.6) is 11.5 Å². The highest BCUT2D eigenvalue weighted by Gasteiger charge is 2.27. The van der Waals surface area contributed by atoms with Gasteiger partial charge >= 0.3 is 0 Å². The lowest BCUT2D eigenvalue weighted by atomic mass is 10.2. The van der Waals surface area contributed by atoms with Crippen molar-refractivity contribution in [3.05, 3.63) is 59.7 Å². The number of sulfone groups is 1. The zero-order valence-electron chi connectivity index (χ0n) is 12.8. The second kappa shape index (κ2) is 6.86. The average Bonchev–Trinajstić information content (AvgIpc) is 2.85. The van der Waals surface area contributed by atoms with Gasteiger partial charge in [-0.3, -0.25) is 0 Å². The van der Waals surface area contributed by atoms with Crippen LogP contribution in [0.1, 0.15) is 12.0 Å². The van der Waals surface area contributed by atoms with E-state index in [1.807, 2.05) is 12.1 Å². The van der Waals surface area contributed by atoms with E-state index in [0.29, 0.717) is 18.7 Å². The van der Waals surface area contributed by atoms with Crippen molar-refractivity contribution in [2.45, 2.75) is 19.0 Å². The Labute approximate surface area is 139 Å². The van der Waals surface area contributed by atoms with Crippen molar-refractivity contribution in [2.24, 2.45) is 0 Å². The summed E-state index contributed by atoms with van der Waals surface area (Å²) in [5, 5.41) is 3.22. The zero-order chi connectivity index (χ0) is 17.2. The fourth-order valence-corrected chi connectivity index (χ4v) is 4.32. The van der Waals surface area contributed by atoms with Gasteiger partial charge in [0.15, 0.2) is 9.84 Å². The zero-order valence-corrected chi connectivity index (χ0v) is 13.7. The van der Waals surface area contributed by atoms with Crippen molar-refractivity contribution < 1.29 is 21.9 Å². The lowest BCUT2D eigenvalue weighted by molar-refractivity contribution is 0.468. The molecule has 0 spiro atoms. The van der Waals surface area contributed by atoms with E-state index in [0.717, 1.165) is 23.8 Å². The van der Waals surface area contributed by atoms with E-state index in [2.05, 4.69) is 5.32 Å². The molecule has 2 aromatic carbocycles. The molecule has 0 bridgehead atoms. The van der Waals surface area contributed by atoms with E-state index in [4.69, 9.17) is 4.74 Å². The first kappa shape index (κ1) is 16.9. The highest BCUT2D eigenvalue weighted by atomic mass is 32.2. The van der Waals surface area contributed by atoms with Crippen LogP contribution in [0.3, 0.4) is 0 Å². The van der Waals surface area contributed by atoms with Gasteiger partial charge in [-0.25, -0.2) is 17.2 Å². The molecule has 0 amide bonds. The SMILES string of the molecule is O=S1(=O)CCC(NCc2ccc(Oc3cc(F)cc(F)c3)cc2)C1. The van der Waals surface area contributed by atoms with E-state index in [-0.39, 0.29) is 23.3 Å². The predicted octanol–water partition coefficient (Wildman–Crippen LogP) is 3.03. The molecule has 1 fully saturated rings. The number of ether oxygens (including phenoxy) is 1. The number of benzene rings is 2. The predicted molar refractivity (Wildman–Crippen MR) is 86.8 cm³/mol. The van der Waals surface area contributed by atoms with Gasteiger partial charge in [0.1, 0.15) is 23.1 Å². The van der Waals surface area contributed by atoms with Gasteiger partial charge < -0.3 is 10.1 Å². The summed E-state index contributed by atoms with van der Waals surface area (Å²) >= 11 is 0. The third-order valence-corrected chi connectivity index (χ3v) is 5.59. The van der Waals surface area contributed by atoms with E-state index < -0.39 is 21.5 Å². The Bertz CT molecular complexity index is 802.